The lowest BCUT2D eigenvalue weighted by atomic mass is 10.1. The van der Waals surface area contributed by atoms with Crippen LogP contribution in [-0.4, -0.2) is 60.3 Å². The lowest BCUT2D eigenvalue weighted by Crippen LogP contribution is -2.51. The zero-order valence-electron chi connectivity index (χ0n) is 18.3. The molecule has 1 heterocycles. The van der Waals surface area contributed by atoms with Gasteiger partial charge in [0, 0.05) is 43.3 Å². The van der Waals surface area contributed by atoms with Gasteiger partial charge in [-0.2, -0.15) is 13.2 Å². The lowest BCUT2D eigenvalue weighted by Gasteiger charge is -2.35. The minimum Gasteiger partial charge on any atom is -0.484 e. The number of nitrogens with one attached hydrogen (secondary N) is 1. The molecular weight excluding hydrogens is 451 g/mol. The van der Waals surface area contributed by atoms with Crippen LogP contribution in [0.2, 0.25) is 0 Å². The standard InChI is InChI=1S/C24H24F3N3O4/c25-24(26,27)18-2-1-3-19(14-18)28-21(31)15-34-20-8-6-17(7-9-20)23(33)30-12-10-29(11-13-30)22(32)16-4-5-16/h1-3,6-9,14,16H,4-5,10-13,15H2,(H,28,31). The highest BCUT2D eigenvalue weighted by Gasteiger charge is 2.35. The van der Waals surface area contributed by atoms with Crippen molar-refractivity contribution in [2.75, 3.05) is 38.1 Å². The molecule has 0 unspecified atom stereocenters. The molecule has 1 saturated heterocycles. The SMILES string of the molecule is O=C(COc1ccc(C(=O)N2CCN(C(=O)C3CC3)CC2)cc1)Nc1cccc(C(F)(F)F)c1. The van der Waals surface area contributed by atoms with Crippen LogP contribution in [0.15, 0.2) is 48.5 Å². The van der Waals surface area contributed by atoms with Gasteiger partial charge in [0.15, 0.2) is 6.61 Å². The van der Waals surface area contributed by atoms with Crippen LogP contribution >= 0.6 is 0 Å². The second-order valence-corrected chi connectivity index (χ2v) is 8.33. The van der Waals surface area contributed by atoms with Crippen LogP contribution in [-0.2, 0) is 15.8 Å². The molecule has 0 spiro atoms. The minimum absolute atomic E-state index is 0.0169. The van der Waals surface area contributed by atoms with E-state index in [0.717, 1.165) is 25.0 Å². The molecule has 2 aromatic carbocycles. The van der Waals surface area contributed by atoms with Crippen molar-refractivity contribution in [3.63, 3.8) is 0 Å². The number of piperazine rings is 1. The fraction of sp³-hybridized carbons (Fsp3) is 0.375. The second kappa shape index (κ2) is 9.74. The Bertz CT molecular complexity index is 1060. The maximum absolute atomic E-state index is 12.8. The van der Waals surface area contributed by atoms with Crippen molar-refractivity contribution in [1.29, 1.82) is 0 Å². The maximum atomic E-state index is 12.8. The Morgan fingerprint density at radius 3 is 2.21 bits per heavy atom. The summed E-state index contributed by atoms with van der Waals surface area (Å²) in [6, 6.07) is 10.6. The molecule has 180 valence electrons. The van der Waals surface area contributed by atoms with Crippen LogP contribution in [0.5, 0.6) is 5.75 Å². The number of halogens is 3. The smallest absolute Gasteiger partial charge is 0.416 e. The van der Waals surface area contributed by atoms with Crippen molar-refractivity contribution < 1.29 is 32.3 Å². The van der Waals surface area contributed by atoms with Gasteiger partial charge in [0.2, 0.25) is 5.91 Å². The molecule has 1 aliphatic carbocycles. The number of benzene rings is 2. The predicted molar refractivity (Wildman–Crippen MR) is 117 cm³/mol. The molecule has 7 nitrogen and oxygen atoms in total. The summed E-state index contributed by atoms with van der Waals surface area (Å²) >= 11 is 0. The molecule has 1 N–H and O–H groups in total. The predicted octanol–water partition coefficient (Wildman–Crippen LogP) is 3.42. The minimum atomic E-state index is -4.50. The van der Waals surface area contributed by atoms with Gasteiger partial charge in [0.1, 0.15) is 5.75 Å². The molecule has 1 saturated carbocycles. The van der Waals surface area contributed by atoms with Gasteiger partial charge in [-0.05, 0) is 55.3 Å². The van der Waals surface area contributed by atoms with Crippen LogP contribution in [0.1, 0.15) is 28.8 Å². The lowest BCUT2D eigenvalue weighted by molar-refractivity contribution is -0.137. The van der Waals surface area contributed by atoms with E-state index >= 15 is 0 Å². The molecule has 10 heteroatoms. The largest absolute Gasteiger partial charge is 0.484 e. The highest BCUT2D eigenvalue weighted by atomic mass is 19.4. The Kier molecular flexibility index (Phi) is 6.76. The molecule has 0 aromatic heterocycles. The number of ether oxygens (including phenoxy) is 1. The summed E-state index contributed by atoms with van der Waals surface area (Å²) in [5.41, 5.74) is -0.381. The average Bonchev–Trinajstić information content (AvgIpc) is 3.68. The molecule has 2 fully saturated rings. The van der Waals surface area contributed by atoms with Crippen molar-refractivity contribution in [3.05, 3.63) is 59.7 Å². The quantitative estimate of drug-likeness (QED) is 0.695. The summed E-state index contributed by atoms with van der Waals surface area (Å²) in [5, 5.41) is 2.37. The number of nitrogens with zero attached hydrogens (tertiary/aromatic N) is 2. The maximum Gasteiger partial charge on any atom is 0.416 e. The van der Waals surface area contributed by atoms with E-state index in [1.165, 1.54) is 12.1 Å². The second-order valence-electron chi connectivity index (χ2n) is 8.33. The number of alkyl halides is 3. The molecule has 0 radical (unpaired) electrons. The highest BCUT2D eigenvalue weighted by molar-refractivity contribution is 5.95. The third-order valence-corrected chi connectivity index (χ3v) is 5.75. The number of hydrogen-bond donors (Lipinski definition) is 1. The summed E-state index contributed by atoms with van der Waals surface area (Å²) in [5.74, 6) is -0.0614. The number of rotatable bonds is 6. The molecule has 0 bridgehead atoms. The number of carbonyl (C=O) groups excluding carboxylic acids is 3. The molecule has 2 aromatic rings. The molecule has 1 aliphatic heterocycles. The summed E-state index contributed by atoms with van der Waals surface area (Å²) < 4.78 is 43.7. The van der Waals surface area contributed by atoms with Crippen LogP contribution < -0.4 is 10.1 Å². The van der Waals surface area contributed by atoms with Crippen LogP contribution in [0, 0.1) is 5.92 Å². The van der Waals surface area contributed by atoms with Gasteiger partial charge in [0.25, 0.3) is 11.8 Å². The van der Waals surface area contributed by atoms with Gasteiger partial charge < -0.3 is 19.9 Å². The molecule has 3 amide bonds. The summed E-state index contributed by atoms with van der Waals surface area (Å²) in [7, 11) is 0. The van der Waals surface area contributed by atoms with Crippen molar-refractivity contribution in [3.8, 4) is 5.75 Å². The third-order valence-electron chi connectivity index (χ3n) is 5.75. The zero-order valence-corrected chi connectivity index (χ0v) is 18.3. The van der Waals surface area contributed by atoms with Gasteiger partial charge in [-0.15, -0.1) is 0 Å². The Balaban J connectivity index is 1.25. The van der Waals surface area contributed by atoms with E-state index in [9.17, 15) is 27.6 Å². The zero-order chi connectivity index (χ0) is 24.3. The van der Waals surface area contributed by atoms with Crippen LogP contribution in [0.4, 0.5) is 18.9 Å². The Labute approximate surface area is 194 Å². The van der Waals surface area contributed by atoms with E-state index in [4.69, 9.17) is 4.74 Å². The van der Waals surface area contributed by atoms with E-state index in [0.29, 0.717) is 37.5 Å². The fourth-order valence-electron chi connectivity index (χ4n) is 3.71. The topological polar surface area (TPSA) is 79.0 Å². The van der Waals surface area contributed by atoms with E-state index in [1.807, 2.05) is 4.90 Å². The first-order valence-corrected chi connectivity index (χ1v) is 11.0. The normalized spacial score (nSPS) is 16.2. The third kappa shape index (κ3) is 5.86. The van der Waals surface area contributed by atoms with Crippen molar-refractivity contribution in [2.24, 2.45) is 5.92 Å². The summed E-state index contributed by atoms with van der Waals surface area (Å²) in [4.78, 5) is 40.5. The Hall–Kier alpha value is -3.56. The number of anilines is 1. The average molecular weight is 475 g/mol. The summed E-state index contributed by atoms with van der Waals surface area (Å²) in [6.45, 7) is 1.61. The summed E-state index contributed by atoms with van der Waals surface area (Å²) in [6.07, 6.45) is -2.59. The van der Waals surface area contributed by atoms with Gasteiger partial charge in [-0.1, -0.05) is 6.07 Å². The van der Waals surface area contributed by atoms with Gasteiger partial charge >= 0.3 is 6.18 Å². The van der Waals surface area contributed by atoms with Gasteiger partial charge in [0.05, 0.1) is 5.56 Å². The number of hydrogen-bond acceptors (Lipinski definition) is 4. The first-order chi connectivity index (χ1) is 16.2. The first-order valence-electron chi connectivity index (χ1n) is 11.0. The van der Waals surface area contributed by atoms with Crippen molar-refractivity contribution in [1.82, 2.24) is 9.80 Å². The molecule has 4 rings (SSSR count). The van der Waals surface area contributed by atoms with E-state index in [1.54, 1.807) is 29.2 Å². The highest BCUT2D eigenvalue weighted by Crippen LogP contribution is 2.32. The number of amides is 3. The van der Waals surface area contributed by atoms with Crippen LogP contribution in [0.3, 0.4) is 0 Å². The first kappa shape index (κ1) is 23.6. The van der Waals surface area contributed by atoms with Crippen LogP contribution in [0.25, 0.3) is 0 Å². The van der Waals surface area contributed by atoms with E-state index in [-0.39, 0.29) is 23.4 Å². The molecule has 2 aliphatic rings. The van der Waals surface area contributed by atoms with E-state index in [2.05, 4.69) is 5.32 Å². The Morgan fingerprint density at radius 2 is 1.59 bits per heavy atom. The molecule has 34 heavy (non-hydrogen) atoms. The van der Waals surface area contributed by atoms with Crippen molar-refractivity contribution >= 4 is 23.4 Å². The fourth-order valence-corrected chi connectivity index (χ4v) is 3.71. The monoisotopic (exact) mass is 475 g/mol. The van der Waals surface area contributed by atoms with Gasteiger partial charge in [-0.25, -0.2) is 0 Å². The van der Waals surface area contributed by atoms with E-state index < -0.39 is 24.3 Å². The molecular formula is C24H24F3N3O4. The van der Waals surface area contributed by atoms with Crippen molar-refractivity contribution in [2.45, 2.75) is 19.0 Å². The Morgan fingerprint density at radius 1 is 0.941 bits per heavy atom. The molecule has 0 atom stereocenters. The van der Waals surface area contributed by atoms with Gasteiger partial charge in [-0.3, -0.25) is 14.4 Å². The number of carbonyl (C=O) groups is 3.